The summed E-state index contributed by atoms with van der Waals surface area (Å²) in [5.74, 6) is -4.46. The minimum Gasteiger partial charge on any atom is -0.471 e. The summed E-state index contributed by atoms with van der Waals surface area (Å²) in [5, 5.41) is 3.54. The summed E-state index contributed by atoms with van der Waals surface area (Å²) in [5.41, 5.74) is -2.82. The summed E-state index contributed by atoms with van der Waals surface area (Å²) in [6.45, 7) is 0.271. The standard InChI is InChI=1S/C23H17F4N3O5/c24-15-5-16(30-7-12(35-22(30)31)8-33-18-3-4-34-29-18)20(25)21(26)19(15)11-1-2-17(28-6-11)23(27)13-9-32-10-14(13)23/h1-6,12-14H,7-10H2/t12-,13?,14?,23?/m1/s1. The van der Waals surface area contributed by atoms with Crippen molar-refractivity contribution in [1.82, 2.24) is 10.1 Å². The topological polar surface area (TPSA) is 86.9 Å². The summed E-state index contributed by atoms with van der Waals surface area (Å²) >= 11 is 0. The van der Waals surface area contributed by atoms with Crippen LogP contribution in [-0.2, 0) is 15.1 Å². The van der Waals surface area contributed by atoms with Gasteiger partial charge >= 0.3 is 6.09 Å². The van der Waals surface area contributed by atoms with E-state index in [1.54, 1.807) is 0 Å². The lowest BCUT2D eigenvalue weighted by atomic mass is 10.0. The van der Waals surface area contributed by atoms with Gasteiger partial charge in [-0.3, -0.25) is 9.88 Å². The van der Waals surface area contributed by atoms with Crippen molar-refractivity contribution in [2.45, 2.75) is 11.8 Å². The number of carbonyl (C=O) groups excluding carboxylic acids is 1. The summed E-state index contributed by atoms with van der Waals surface area (Å²) in [6, 6.07) is 4.79. The molecule has 3 atom stereocenters. The SMILES string of the molecule is O=C1O[C@@H](COc2ccon2)CN1c1cc(F)c(-c2ccc(C3(F)C4COCC43)nc2)c(F)c1F. The van der Waals surface area contributed by atoms with Crippen LogP contribution in [0.3, 0.4) is 0 Å². The minimum absolute atomic E-state index is 0.0669. The molecule has 35 heavy (non-hydrogen) atoms. The Labute approximate surface area is 195 Å². The molecule has 3 aromatic rings. The van der Waals surface area contributed by atoms with Crippen LogP contribution in [0.15, 0.2) is 41.2 Å². The van der Waals surface area contributed by atoms with E-state index < -0.39 is 46.6 Å². The van der Waals surface area contributed by atoms with Crippen molar-refractivity contribution < 1.29 is 41.1 Å². The molecule has 1 aliphatic carbocycles. The van der Waals surface area contributed by atoms with Crippen molar-refractivity contribution >= 4 is 11.8 Å². The minimum atomic E-state index is -1.62. The second kappa shape index (κ2) is 7.94. The molecule has 0 N–H and O–H groups in total. The number of aromatic nitrogens is 2. The number of fused-ring (bicyclic) bond motifs is 1. The molecule has 3 fully saturated rings. The number of cyclic esters (lactones) is 1. The lowest BCUT2D eigenvalue weighted by Gasteiger charge is -2.17. The van der Waals surface area contributed by atoms with E-state index in [-0.39, 0.29) is 42.1 Å². The molecule has 0 radical (unpaired) electrons. The highest BCUT2D eigenvalue weighted by atomic mass is 19.2. The van der Waals surface area contributed by atoms with Gasteiger partial charge in [0.25, 0.3) is 5.88 Å². The van der Waals surface area contributed by atoms with Gasteiger partial charge in [-0.05, 0) is 11.2 Å². The Kier molecular flexibility index (Phi) is 4.95. The third-order valence-electron chi connectivity index (χ3n) is 6.63. The molecule has 6 rings (SSSR count). The molecule has 0 bridgehead atoms. The number of ether oxygens (including phenoxy) is 3. The molecule has 3 aliphatic rings. The van der Waals surface area contributed by atoms with Gasteiger partial charge in [0.15, 0.2) is 23.4 Å². The number of halogens is 4. The molecule has 2 unspecified atom stereocenters. The molecule has 1 saturated carbocycles. The highest BCUT2D eigenvalue weighted by Gasteiger charge is 2.70. The maximum absolute atomic E-state index is 15.1. The van der Waals surface area contributed by atoms with E-state index in [2.05, 4.69) is 14.7 Å². The Balaban J connectivity index is 1.22. The molecule has 8 nitrogen and oxygen atoms in total. The predicted octanol–water partition coefficient (Wildman–Crippen LogP) is 4.00. The Hall–Kier alpha value is -3.67. The number of amides is 1. The molecule has 2 aromatic heterocycles. The van der Waals surface area contributed by atoms with Crippen LogP contribution in [-0.4, -0.2) is 48.7 Å². The number of carbonyl (C=O) groups is 1. The summed E-state index contributed by atoms with van der Waals surface area (Å²) < 4.78 is 80.3. The van der Waals surface area contributed by atoms with Gasteiger partial charge in [0.05, 0.1) is 36.7 Å². The number of hydrogen-bond acceptors (Lipinski definition) is 7. The van der Waals surface area contributed by atoms with Crippen molar-refractivity contribution in [3.05, 3.63) is 59.9 Å². The first kappa shape index (κ1) is 21.8. The molecule has 1 amide bonds. The Morgan fingerprint density at radius 3 is 2.63 bits per heavy atom. The van der Waals surface area contributed by atoms with E-state index in [1.807, 2.05) is 0 Å². The first-order chi connectivity index (χ1) is 16.9. The number of hydrogen-bond donors (Lipinski definition) is 0. The van der Waals surface area contributed by atoms with Crippen molar-refractivity contribution in [2.75, 3.05) is 31.3 Å². The van der Waals surface area contributed by atoms with E-state index in [0.29, 0.717) is 19.3 Å². The summed E-state index contributed by atoms with van der Waals surface area (Å²) in [6.07, 6.45) is 0.576. The van der Waals surface area contributed by atoms with Crippen molar-refractivity contribution in [3.63, 3.8) is 0 Å². The second-order valence-corrected chi connectivity index (χ2v) is 8.60. The second-order valence-electron chi connectivity index (χ2n) is 8.60. The third kappa shape index (κ3) is 3.42. The highest BCUT2D eigenvalue weighted by molar-refractivity contribution is 5.90. The van der Waals surface area contributed by atoms with Crippen LogP contribution in [0, 0.1) is 29.3 Å². The third-order valence-corrected chi connectivity index (χ3v) is 6.63. The fourth-order valence-electron chi connectivity index (χ4n) is 4.75. The first-order valence-corrected chi connectivity index (χ1v) is 10.8. The van der Waals surface area contributed by atoms with Crippen LogP contribution in [0.2, 0.25) is 0 Å². The summed E-state index contributed by atoms with van der Waals surface area (Å²) in [4.78, 5) is 17.1. The highest BCUT2D eigenvalue weighted by Crippen LogP contribution is 2.63. The molecule has 0 spiro atoms. The van der Waals surface area contributed by atoms with Gasteiger partial charge in [-0.25, -0.2) is 22.4 Å². The number of benzene rings is 1. The lowest BCUT2D eigenvalue weighted by molar-refractivity contribution is 0.0974. The average molecular weight is 491 g/mol. The zero-order valence-corrected chi connectivity index (χ0v) is 17.9. The van der Waals surface area contributed by atoms with Crippen LogP contribution < -0.4 is 9.64 Å². The van der Waals surface area contributed by atoms with Gasteiger partial charge in [-0.2, -0.15) is 0 Å². The zero-order valence-electron chi connectivity index (χ0n) is 17.9. The number of nitrogens with zero attached hydrogens (tertiary/aromatic N) is 3. The molecule has 182 valence electrons. The quantitative estimate of drug-likeness (QED) is 0.381. The van der Waals surface area contributed by atoms with E-state index in [0.717, 1.165) is 11.1 Å². The first-order valence-electron chi connectivity index (χ1n) is 10.8. The number of alkyl halides is 1. The number of anilines is 1. The molecular formula is C23H17F4N3O5. The predicted molar refractivity (Wildman–Crippen MR) is 110 cm³/mol. The maximum atomic E-state index is 15.1. The largest absolute Gasteiger partial charge is 0.471 e. The lowest BCUT2D eigenvalue weighted by Crippen LogP contribution is -2.28. The fourth-order valence-corrected chi connectivity index (χ4v) is 4.75. The number of pyridine rings is 1. The van der Waals surface area contributed by atoms with Crippen molar-refractivity contribution in [1.29, 1.82) is 0 Å². The van der Waals surface area contributed by atoms with E-state index in [1.165, 1.54) is 24.5 Å². The van der Waals surface area contributed by atoms with E-state index >= 15 is 4.39 Å². The van der Waals surface area contributed by atoms with Crippen LogP contribution in [0.25, 0.3) is 11.1 Å². The normalized spacial score (nSPS) is 27.1. The van der Waals surface area contributed by atoms with Crippen LogP contribution in [0.1, 0.15) is 5.69 Å². The molecule has 2 saturated heterocycles. The van der Waals surface area contributed by atoms with E-state index in [9.17, 15) is 18.0 Å². The van der Waals surface area contributed by atoms with Gasteiger partial charge in [0.1, 0.15) is 18.7 Å². The van der Waals surface area contributed by atoms with Crippen molar-refractivity contribution in [3.8, 4) is 17.0 Å². The average Bonchev–Trinajstić information content (AvgIpc) is 3.41. The molecule has 12 heteroatoms. The molecule has 4 heterocycles. The van der Waals surface area contributed by atoms with Gasteiger partial charge in [0, 0.05) is 35.7 Å². The Morgan fingerprint density at radius 2 is 1.94 bits per heavy atom. The number of rotatable bonds is 6. The van der Waals surface area contributed by atoms with Gasteiger partial charge < -0.3 is 18.7 Å². The van der Waals surface area contributed by atoms with Crippen LogP contribution in [0.5, 0.6) is 5.88 Å². The zero-order chi connectivity index (χ0) is 24.3. The Bertz CT molecular complexity index is 1280. The Morgan fingerprint density at radius 1 is 1.14 bits per heavy atom. The summed E-state index contributed by atoms with van der Waals surface area (Å²) in [7, 11) is 0. The molecular weight excluding hydrogens is 474 g/mol. The van der Waals surface area contributed by atoms with E-state index in [4.69, 9.17) is 14.2 Å². The fraction of sp³-hybridized carbons (Fsp3) is 0.348. The van der Waals surface area contributed by atoms with Crippen LogP contribution in [0.4, 0.5) is 28.0 Å². The molecule has 1 aromatic carbocycles. The van der Waals surface area contributed by atoms with Gasteiger partial charge in [0.2, 0.25) is 0 Å². The monoisotopic (exact) mass is 491 g/mol. The van der Waals surface area contributed by atoms with Crippen LogP contribution >= 0.6 is 0 Å². The van der Waals surface area contributed by atoms with Gasteiger partial charge in [-0.15, -0.1) is 0 Å². The maximum Gasteiger partial charge on any atom is 0.414 e. The molecule has 2 aliphatic heterocycles. The van der Waals surface area contributed by atoms with Gasteiger partial charge in [-0.1, -0.05) is 6.07 Å². The van der Waals surface area contributed by atoms with Crippen molar-refractivity contribution in [2.24, 2.45) is 11.8 Å². The smallest absolute Gasteiger partial charge is 0.414 e.